The topological polar surface area (TPSA) is 66.0 Å². The van der Waals surface area contributed by atoms with Crippen molar-refractivity contribution in [3.63, 3.8) is 0 Å². The summed E-state index contributed by atoms with van der Waals surface area (Å²) in [6, 6.07) is 15.5. The summed E-state index contributed by atoms with van der Waals surface area (Å²) in [7, 11) is 3.90. The van der Waals surface area contributed by atoms with Crippen LogP contribution in [-0.4, -0.2) is 45.2 Å². The average Bonchev–Trinajstić information content (AvgIpc) is 3.21. The molecule has 1 saturated heterocycles. The fourth-order valence-corrected chi connectivity index (χ4v) is 2.97. The van der Waals surface area contributed by atoms with Gasteiger partial charge in [-0.1, -0.05) is 23.8 Å². The number of aryl methyl sites for hydroxylation is 1. The molecule has 0 radical (unpaired) electrons. The van der Waals surface area contributed by atoms with Crippen LogP contribution in [0.15, 0.2) is 53.5 Å². The highest BCUT2D eigenvalue weighted by Gasteiger charge is 2.16. The molecule has 1 amide bonds. The number of hydrogen-bond donors (Lipinski definition) is 2. The van der Waals surface area contributed by atoms with E-state index in [1.807, 2.05) is 68.4 Å². The van der Waals surface area contributed by atoms with E-state index in [0.29, 0.717) is 18.1 Å². The molecule has 1 aliphatic heterocycles. The van der Waals surface area contributed by atoms with Gasteiger partial charge in [0.05, 0.1) is 12.6 Å². The van der Waals surface area contributed by atoms with Gasteiger partial charge < -0.3 is 15.0 Å². The molecule has 0 unspecified atom stereocenters. The molecule has 6 nitrogen and oxygen atoms in total. The van der Waals surface area contributed by atoms with Crippen LogP contribution in [0.5, 0.6) is 0 Å². The van der Waals surface area contributed by atoms with Crippen LogP contribution >= 0.6 is 0 Å². The number of amides is 1. The molecule has 0 saturated carbocycles. The second-order valence-electron chi connectivity index (χ2n) is 7.21. The van der Waals surface area contributed by atoms with Crippen LogP contribution < -0.4 is 15.5 Å². The van der Waals surface area contributed by atoms with E-state index >= 15 is 0 Å². The third-order valence-electron chi connectivity index (χ3n) is 4.65. The first-order valence-corrected chi connectivity index (χ1v) is 9.60. The highest BCUT2D eigenvalue weighted by atomic mass is 16.5. The van der Waals surface area contributed by atoms with E-state index in [4.69, 9.17) is 4.74 Å². The third-order valence-corrected chi connectivity index (χ3v) is 4.65. The molecule has 0 aromatic heterocycles. The van der Waals surface area contributed by atoms with Crippen LogP contribution in [-0.2, 0) is 4.74 Å². The second kappa shape index (κ2) is 9.37. The molecule has 1 fully saturated rings. The number of benzene rings is 2. The second-order valence-corrected chi connectivity index (χ2v) is 7.21. The number of rotatable bonds is 5. The Kier molecular flexibility index (Phi) is 6.66. The molecule has 6 heteroatoms. The summed E-state index contributed by atoms with van der Waals surface area (Å²) in [5.41, 5.74) is 3.60. The number of guanidine groups is 1. The lowest BCUT2D eigenvalue weighted by molar-refractivity contribution is 0.0975. The zero-order valence-electron chi connectivity index (χ0n) is 16.7. The van der Waals surface area contributed by atoms with Crippen molar-refractivity contribution >= 4 is 23.2 Å². The number of ether oxygens (including phenoxy) is 1. The molecule has 1 atom stereocenters. The SMILES string of the molecule is Cc1ccc(NC(=NC[C@@H]2CCCO2)NC(=O)c2cccc(N(C)C)c2)cc1. The van der Waals surface area contributed by atoms with Gasteiger partial charge in [0.25, 0.3) is 5.91 Å². The van der Waals surface area contributed by atoms with E-state index in [-0.39, 0.29) is 12.0 Å². The van der Waals surface area contributed by atoms with Gasteiger partial charge in [-0.2, -0.15) is 0 Å². The first kappa shape index (κ1) is 19.9. The molecule has 2 N–H and O–H groups in total. The number of carbonyl (C=O) groups excluding carboxylic acids is 1. The predicted octanol–water partition coefficient (Wildman–Crippen LogP) is 3.44. The highest BCUT2D eigenvalue weighted by molar-refractivity contribution is 6.10. The number of anilines is 2. The minimum atomic E-state index is -0.200. The molecule has 3 rings (SSSR count). The van der Waals surface area contributed by atoms with Gasteiger partial charge in [0.15, 0.2) is 0 Å². The van der Waals surface area contributed by atoms with E-state index in [9.17, 15) is 4.79 Å². The van der Waals surface area contributed by atoms with E-state index < -0.39 is 0 Å². The summed E-state index contributed by atoms with van der Waals surface area (Å²) in [4.78, 5) is 19.3. The van der Waals surface area contributed by atoms with Gasteiger partial charge in [0.2, 0.25) is 5.96 Å². The van der Waals surface area contributed by atoms with Crippen molar-refractivity contribution in [1.82, 2.24) is 5.32 Å². The van der Waals surface area contributed by atoms with E-state index in [0.717, 1.165) is 30.8 Å². The average molecular weight is 380 g/mol. The van der Waals surface area contributed by atoms with Crippen LogP contribution in [0.2, 0.25) is 0 Å². The van der Waals surface area contributed by atoms with Crippen molar-refractivity contribution in [3.05, 3.63) is 59.7 Å². The van der Waals surface area contributed by atoms with Crippen molar-refractivity contribution < 1.29 is 9.53 Å². The zero-order valence-corrected chi connectivity index (χ0v) is 16.7. The first-order chi connectivity index (χ1) is 13.5. The molecule has 28 heavy (non-hydrogen) atoms. The fourth-order valence-electron chi connectivity index (χ4n) is 2.97. The van der Waals surface area contributed by atoms with E-state index in [1.165, 1.54) is 5.56 Å². The van der Waals surface area contributed by atoms with Crippen LogP contribution in [0.1, 0.15) is 28.8 Å². The molecule has 0 spiro atoms. The van der Waals surface area contributed by atoms with Gasteiger partial charge in [0, 0.05) is 37.6 Å². The largest absolute Gasteiger partial charge is 0.378 e. The Balaban J connectivity index is 1.75. The molecular weight excluding hydrogens is 352 g/mol. The lowest BCUT2D eigenvalue weighted by Crippen LogP contribution is -2.36. The smallest absolute Gasteiger partial charge is 0.258 e. The van der Waals surface area contributed by atoms with Gasteiger partial charge >= 0.3 is 0 Å². The highest BCUT2D eigenvalue weighted by Crippen LogP contribution is 2.15. The van der Waals surface area contributed by atoms with Crippen molar-refractivity contribution in [3.8, 4) is 0 Å². The number of nitrogens with one attached hydrogen (secondary N) is 2. The molecule has 1 aliphatic rings. The quantitative estimate of drug-likeness (QED) is 0.616. The Morgan fingerprint density at radius 3 is 2.68 bits per heavy atom. The van der Waals surface area contributed by atoms with E-state index in [2.05, 4.69) is 15.6 Å². The summed E-state index contributed by atoms with van der Waals surface area (Å²) < 4.78 is 5.65. The molecule has 2 aromatic carbocycles. The Bertz CT molecular complexity index is 825. The molecule has 0 aliphatic carbocycles. The predicted molar refractivity (Wildman–Crippen MR) is 114 cm³/mol. The Hall–Kier alpha value is -2.86. The third kappa shape index (κ3) is 5.57. The first-order valence-electron chi connectivity index (χ1n) is 9.60. The van der Waals surface area contributed by atoms with Crippen LogP contribution in [0, 0.1) is 6.92 Å². The van der Waals surface area contributed by atoms with Crippen LogP contribution in [0.4, 0.5) is 11.4 Å². The summed E-state index contributed by atoms with van der Waals surface area (Å²) in [6.07, 6.45) is 2.17. The van der Waals surface area contributed by atoms with E-state index in [1.54, 1.807) is 6.07 Å². The molecule has 1 heterocycles. The van der Waals surface area contributed by atoms with Crippen LogP contribution in [0.25, 0.3) is 0 Å². The van der Waals surface area contributed by atoms with Crippen molar-refractivity contribution in [2.75, 3.05) is 37.5 Å². The lowest BCUT2D eigenvalue weighted by Gasteiger charge is -2.15. The Morgan fingerprint density at radius 1 is 1.21 bits per heavy atom. The van der Waals surface area contributed by atoms with Crippen LogP contribution in [0.3, 0.4) is 0 Å². The van der Waals surface area contributed by atoms with Gasteiger partial charge in [-0.3, -0.25) is 10.1 Å². The van der Waals surface area contributed by atoms with Gasteiger partial charge in [-0.05, 0) is 50.1 Å². The number of aliphatic imine (C=N–C) groups is 1. The standard InChI is InChI=1S/C22H28N4O2/c1-16-9-11-18(12-10-16)24-22(23-15-20-8-5-13-28-20)25-21(27)17-6-4-7-19(14-17)26(2)3/h4,6-7,9-12,14,20H,5,8,13,15H2,1-3H3,(H2,23,24,25,27)/t20-/m0/s1. The molecular formula is C22H28N4O2. The molecule has 148 valence electrons. The van der Waals surface area contributed by atoms with Crippen molar-refractivity contribution in [2.24, 2.45) is 4.99 Å². The fraction of sp³-hybridized carbons (Fsp3) is 0.364. The molecule has 2 aromatic rings. The monoisotopic (exact) mass is 380 g/mol. The minimum Gasteiger partial charge on any atom is -0.378 e. The van der Waals surface area contributed by atoms with Gasteiger partial charge in [0.1, 0.15) is 0 Å². The zero-order chi connectivity index (χ0) is 19.9. The molecule has 0 bridgehead atoms. The summed E-state index contributed by atoms with van der Waals surface area (Å²) in [5, 5.41) is 6.13. The Labute approximate surface area is 166 Å². The number of hydrogen-bond acceptors (Lipinski definition) is 4. The Morgan fingerprint density at radius 2 is 2.00 bits per heavy atom. The number of carbonyl (C=O) groups is 1. The van der Waals surface area contributed by atoms with Gasteiger partial charge in [-0.25, -0.2) is 4.99 Å². The lowest BCUT2D eigenvalue weighted by atomic mass is 10.2. The summed E-state index contributed by atoms with van der Waals surface area (Å²) in [6.45, 7) is 3.34. The van der Waals surface area contributed by atoms with Crippen molar-refractivity contribution in [1.29, 1.82) is 0 Å². The summed E-state index contributed by atoms with van der Waals surface area (Å²) in [5.74, 6) is 0.231. The maximum absolute atomic E-state index is 12.8. The number of nitrogens with zero attached hydrogens (tertiary/aromatic N) is 2. The summed E-state index contributed by atoms with van der Waals surface area (Å²) >= 11 is 0. The normalized spacial score (nSPS) is 16.7. The minimum absolute atomic E-state index is 0.115. The maximum atomic E-state index is 12.8. The maximum Gasteiger partial charge on any atom is 0.258 e. The van der Waals surface area contributed by atoms with Crippen molar-refractivity contribution in [2.45, 2.75) is 25.9 Å². The van der Waals surface area contributed by atoms with Gasteiger partial charge in [-0.15, -0.1) is 0 Å².